The highest BCUT2D eigenvalue weighted by atomic mass is 35.5. The molecule has 0 spiro atoms. The zero-order valence-electron chi connectivity index (χ0n) is 16.0. The van der Waals surface area contributed by atoms with Gasteiger partial charge in [-0.15, -0.1) is 5.10 Å². The average molecular weight is 409 g/mol. The summed E-state index contributed by atoms with van der Waals surface area (Å²) in [7, 11) is 2.26. The smallest absolute Gasteiger partial charge is 0.134 e. The summed E-state index contributed by atoms with van der Waals surface area (Å²) in [6.07, 6.45) is 10.8. The number of rotatable bonds is 3. The van der Waals surface area contributed by atoms with Crippen LogP contribution in [-0.2, 0) is 0 Å². The second-order valence-electron chi connectivity index (χ2n) is 8.16. The van der Waals surface area contributed by atoms with Crippen LogP contribution < -0.4 is 0 Å². The molecular weight excluding hydrogens is 388 g/mol. The van der Waals surface area contributed by atoms with Crippen LogP contribution in [0.25, 0.3) is 28.0 Å². The van der Waals surface area contributed by atoms with Crippen LogP contribution in [0.1, 0.15) is 31.7 Å². The monoisotopic (exact) mass is 408 g/mol. The number of fused-ring (bicyclic) bond motifs is 3. The molecule has 3 aromatic heterocycles. The highest BCUT2D eigenvalue weighted by Gasteiger charge is 2.39. The number of benzene rings is 1. The standard InChI is InChI=1S/C20H21ClN8/c1-27-13-3-4-14(27)8-15(7-13)28-10-16(9-22-28)29-11-19(24-26-29)20-17-5-2-12(21)6-18(17)23-25-20/h2,5-6,9-11,13-15H,3-4,7-8H2,1H3,(H,23,25)/t13-,14?,15?/m0/s1. The van der Waals surface area contributed by atoms with Crippen LogP contribution in [-0.4, -0.2) is 59.0 Å². The lowest BCUT2D eigenvalue weighted by Gasteiger charge is -2.36. The fourth-order valence-corrected chi connectivity index (χ4v) is 5.10. The van der Waals surface area contributed by atoms with Gasteiger partial charge in [0, 0.05) is 22.5 Å². The van der Waals surface area contributed by atoms with Gasteiger partial charge in [-0.3, -0.25) is 9.78 Å². The molecule has 2 unspecified atom stereocenters. The minimum absolute atomic E-state index is 0.459. The first-order valence-electron chi connectivity index (χ1n) is 9.98. The van der Waals surface area contributed by atoms with Crippen molar-refractivity contribution < 1.29 is 0 Å². The molecule has 3 atom stereocenters. The van der Waals surface area contributed by atoms with E-state index in [4.69, 9.17) is 11.6 Å². The van der Waals surface area contributed by atoms with E-state index in [1.165, 1.54) is 25.7 Å². The molecule has 0 saturated carbocycles. The Hall–Kier alpha value is -2.71. The summed E-state index contributed by atoms with van der Waals surface area (Å²) >= 11 is 6.06. The van der Waals surface area contributed by atoms with Gasteiger partial charge in [-0.2, -0.15) is 10.2 Å². The molecule has 2 saturated heterocycles. The van der Waals surface area contributed by atoms with Crippen molar-refractivity contribution in [2.45, 2.75) is 43.8 Å². The average Bonchev–Trinajstić information content (AvgIpc) is 3.47. The molecule has 0 radical (unpaired) electrons. The number of H-pyrrole nitrogens is 1. The van der Waals surface area contributed by atoms with Crippen LogP contribution in [0.3, 0.4) is 0 Å². The third-order valence-electron chi connectivity index (χ3n) is 6.56. The van der Waals surface area contributed by atoms with Crippen molar-refractivity contribution >= 4 is 22.5 Å². The molecule has 1 aromatic carbocycles. The van der Waals surface area contributed by atoms with E-state index in [1.54, 1.807) is 4.68 Å². The molecule has 5 heterocycles. The Morgan fingerprint density at radius 2 is 1.93 bits per heavy atom. The van der Waals surface area contributed by atoms with Crippen LogP contribution in [0.2, 0.25) is 5.02 Å². The quantitative estimate of drug-likeness (QED) is 0.561. The molecule has 9 heteroatoms. The third kappa shape index (κ3) is 2.78. The van der Waals surface area contributed by atoms with Crippen LogP contribution in [0, 0.1) is 0 Å². The van der Waals surface area contributed by atoms with E-state index in [2.05, 4.69) is 48.4 Å². The normalized spacial score (nSPS) is 24.6. The number of piperidine rings is 1. The van der Waals surface area contributed by atoms with E-state index in [9.17, 15) is 0 Å². The molecule has 2 aliphatic heterocycles. The topological polar surface area (TPSA) is 80.5 Å². The Kier molecular flexibility index (Phi) is 3.79. The highest BCUT2D eigenvalue weighted by Crippen LogP contribution is 2.39. The number of aromatic amines is 1. The van der Waals surface area contributed by atoms with Crippen molar-refractivity contribution in [3.05, 3.63) is 41.8 Å². The molecule has 2 aliphatic rings. The maximum atomic E-state index is 6.06. The Balaban J connectivity index is 1.28. The molecule has 148 valence electrons. The van der Waals surface area contributed by atoms with Gasteiger partial charge in [-0.05, 0) is 50.9 Å². The molecule has 2 bridgehead atoms. The number of hydrogen-bond donors (Lipinski definition) is 1. The molecule has 1 N–H and O–H groups in total. The predicted octanol–water partition coefficient (Wildman–Crippen LogP) is 3.46. The van der Waals surface area contributed by atoms with E-state index < -0.39 is 0 Å². The van der Waals surface area contributed by atoms with Crippen molar-refractivity contribution in [3.63, 3.8) is 0 Å². The molecule has 4 aromatic rings. The van der Waals surface area contributed by atoms with Gasteiger partial charge in [-0.1, -0.05) is 16.8 Å². The Labute approximate surface area is 172 Å². The fourth-order valence-electron chi connectivity index (χ4n) is 4.93. The van der Waals surface area contributed by atoms with Crippen molar-refractivity contribution in [2.24, 2.45) is 0 Å². The van der Waals surface area contributed by atoms with Gasteiger partial charge in [0.2, 0.25) is 0 Å². The lowest BCUT2D eigenvalue weighted by molar-refractivity contribution is 0.131. The lowest BCUT2D eigenvalue weighted by atomic mass is 9.98. The van der Waals surface area contributed by atoms with E-state index in [0.717, 1.165) is 22.3 Å². The highest BCUT2D eigenvalue weighted by molar-refractivity contribution is 6.31. The first-order valence-corrected chi connectivity index (χ1v) is 10.4. The minimum Gasteiger partial charge on any atom is -0.300 e. The first kappa shape index (κ1) is 17.2. The van der Waals surface area contributed by atoms with Crippen LogP contribution in [0.4, 0.5) is 0 Å². The van der Waals surface area contributed by atoms with E-state index in [1.807, 2.05) is 30.6 Å². The summed E-state index contributed by atoms with van der Waals surface area (Å²) in [5.74, 6) is 0. The first-order chi connectivity index (χ1) is 14.2. The van der Waals surface area contributed by atoms with Crippen molar-refractivity contribution in [3.8, 4) is 17.1 Å². The van der Waals surface area contributed by atoms with Gasteiger partial charge in [0.15, 0.2) is 0 Å². The fraction of sp³-hybridized carbons (Fsp3) is 0.400. The number of hydrogen-bond acceptors (Lipinski definition) is 5. The molecule has 8 nitrogen and oxygen atoms in total. The maximum Gasteiger partial charge on any atom is 0.134 e. The van der Waals surface area contributed by atoms with Crippen molar-refractivity contribution in [1.29, 1.82) is 0 Å². The second-order valence-corrected chi connectivity index (χ2v) is 8.60. The van der Waals surface area contributed by atoms with Gasteiger partial charge >= 0.3 is 0 Å². The van der Waals surface area contributed by atoms with Crippen LogP contribution >= 0.6 is 11.6 Å². The number of nitrogens with one attached hydrogen (secondary N) is 1. The molecule has 0 aliphatic carbocycles. The second kappa shape index (κ2) is 6.40. The summed E-state index contributed by atoms with van der Waals surface area (Å²) < 4.78 is 3.87. The SMILES string of the molecule is CN1C2CC[C@H]1CC(n1cc(-n3cc(-c4n[nH]c5cc(Cl)ccc45)nn3)cn1)C2. The van der Waals surface area contributed by atoms with Crippen LogP contribution in [0.5, 0.6) is 0 Å². The van der Waals surface area contributed by atoms with E-state index in [-0.39, 0.29) is 0 Å². The molecular formula is C20H21ClN8. The maximum absolute atomic E-state index is 6.06. The van der Waals surface area contributed by atoms with E-state index in [0.29, 0.717) is 28.8 Å². The van der Waals surface area contributed by atoms with Crippen molar-refractivity contribution in [1.82, 2.24) is 39.9 Å². The predicted molar refractivity (Wildman–Crippen MR) is 110 cm³/mol. The largest absolute Gasteiger partial charge is 0.300 e. The Morgan fingerprint density at radius 1 is 1.10 bits per heavy atom. The Bertz CT molecular complexity index is 1180. The van der Waals surface area contributed by atoms with Crippen LogP contribution in [0.15, 0.2) is 36.8 Å². The van der Waals surface area contributed by atoms with Gasteiger partial charge < -0.3 is 4.90 Å². The number of aromatic nitrogens is 7. The van der Waals surface area contributed by atoms with Gasteiger partial charge in [0.1, 0.15) is 17.1 Å². The molecule has 0 amide bonds. The zero-order valence-corrected chi connectivity index (χ0v) is 16.8. The van der Waals surface area contributed by atoms with Crippen molar-refractivity contribution in [2.75, 3.05) is 7.05 Å². The minimum atomic E-state index is 0.459. The number of halogens is 1. The number of nitrogens with zero attached hydrogens (tertiary/aromatic N) is 7. The summed E-state index contributed by atoms with van der Waals surface area (Å²) in [6, 6.07) is 7.49. The van der Waals surface area contributed by atoms with E-state index >= 15 is 0 Å². The lowest BCUT2D eigenvalue weighted by Crippen LogP contribution is -2.40. The van der Waals surface area contributed by atoms with Gasteiger partial charge in [0.05, 0.1) is 30.1 Å². The summed E-state index contributed by atoms with van der Waals surface area (Å²) in [5.41, 5.74) is 3.27. The molecule has 6 rings (SSSR count). The third-order valence-corrected chi connectivity index (χ3v) is 6.80. The Morgan fingerprint density at radius 3 is 2.76 bits per heavy atom. The van der Waals surface area contributed by atoms with Gasteiger partial charge in [0.25, 0.3) is 0 Å². The molecule has 2 fully saturated rings. The zero-order chi connectivity index (χ0) is 19.5. The summed E-state index contributed by atoms with van der Waals surface area (Å²) in [6.45, 7) is 0. The molecule has 29 heavy (non-hydrogen) atoms. The summed E-state index contributed by atoms with van der Waals surface area (Å²) in [5, 5.41) is 22.3. The summed E-state index contributed by atoms with van der Waals surface area (Å²) in [4.78, 5) is 2.55. The van der Waals surface area contributed by atoms with Gasteiger partial charge in [-0.25, -0.2) is 4.68 Å².